The number of ketones is 1. The summed E-state index contributed by atoms with van der Waals surface area (Å²) in [5.74, 6) is 2.15. The molecule has 0 amide bonds. The first kappa shape index (κ1) is 26.6. The molecule has 0 saturated carbocycles. The van der Waals surface area contributed by atoms with Gasteiger partial charge in [-0.05, 0) is 47.5 Å². The van der Waals surface area contributed by atoms with Gasteiger partial charge in [0, 0.05) is 0 Å². The first-order chi connectivity index (χ1) is 16.5. The smallest absolute Gasteiger partial charge is 0.203 e. The minimum absolute atomic E-state index is 0.0926. The molecule has 2 aromatic carbocycles. The summed E-state index contributed by atoms with van der Waals surface area (Å²) < 4.78 is 32.4. The van der Waals surface area contributed by atoms with Crippen LogP contribution in [-0.4, -0.2) is 70.9 Å². The molecule has 184 valence electrons. The van der Waals surface area contributed by atoms with Gasteiger partial charge in [0.2, 0.25) is 11.5 Å². The number of carbonyl (C=O) groups excluding carboxylic acids is 1. The van der Waals surface area contributed by atoms with Gasteiger partial charge < -0.3 is 38.6 Å². The molecule has 0 fully saturated rings. The van der Waals surface area contributed by atoms with E-state index in [1.807, 2.05) is 0 Å². The van der Waals surface area contributed by atoms with Crippen LogP contribution in [0, 0.1) is 0 Å². The number of aliphatic hydroxyl groups is 2. The summed E-state index contributed by atoms with van der Waals surface area (Å²) in [4.78, 5) is 12.4. The second-order valence-corrected chi connectivity index (χ2v) is 6.72. The average molecular weight is 475 g/mol. The summed E-state index contributed by atoms with van der Waals surface area (Å²) in [5.41, 5.74) is 1.33. The van der Waals surface area contributed by atoms with E-state index in [-0.39, 0.29) is 32.2 Å². The zero-order valence-electron chi connectivity index (χ0n) is 19.7. The number of allylic oxidation sites excluding steroid dienone is 2. The Morgan fingerprint density at radius 3 is 1.26 bits per heavy atom. The Morgan fingerprint density at radius 2 is 1.00 bits per heavy atom. The van der Waals surface area contributed by atoms with Crippen LogP contribution in [0.3, 0.4) is 0 Å². The second kappa shape index (κ2) is 13.8. The van der Waals surface area contributed by atoms with Crippen LogP contribution in [0.5, 0.6) is 34.5 Å². The van der Waals surface area contributed by atoms with Gasteiger partial charge in [0.05, 0.1) is 41.7 Å². The van der Waals surface area contributed by atoms with Crippen LogP contribution in [0.15, 0.2) is 36.4 Å². The highest BCUT2D eigenvalue weighted by Gasteiger charge is 2.14. The molecule has 0 aliphatic heterocycles. The van der Waals surface area contributed by atoms with E-state index in [4.69, 9.17) is 38.6 Å². The average Bonchev–Trinajstić information content (AvgIpc) is 2.87. The van der Waals surface area contributed by atoms with Gasteiger partial charge in [0.1, 0.15) is 13.2 Å². The lowest BCUT2D eigenvalue weighted by atomic mass is 10.1. The fourth-order valence-corrected chi connectivity index (χ4v) is 2.99. The summed E-state index contributed by atoms with van der Waals surface area (Å²) in [7, 11) is 5.96. The number of methoxy groups -OCH3 is 4. The van der Waals surface area contributed by atoms with Crippen molar-refractivity contribution in [3.8, 4) is 34.5 Å². The predicted octanol–water partition coefficient (Wildman–Crippen LogP) is 2.76. The van der Waals surface area contributed by atoms with Crippen molar-refractivity contribution in [2.45, 2.75) is 0 Å². The van der Waals surface area contributed by atoms with E-state index in [0.29, 0.717) is 45.6 Å². The van der Waals surface area contributed by atoms with Crippen LogP contribution in [0.4, 0.5) is 0 Å². The summed E-state index contributed by atoms with van der Waals surface area (Å²) in [6.07, 6.45) is 6.07. The van der Waals surface area contributed by atoms with Gasteiger partial charge in [0.15, 0.2) is 28.8 Å². The van der Waals surface area contributed by atoms with Crippen LogP contribution >= 0.6 is 0 Å². The highest BCUT2D eigenvalue weighted by atomic mass is 16.5. The van der Waals surface area contributed by atoms with Crippen molar-refractivity contribution in [1.29, 1.82) is 0 Å². The van der Waals surface area contributed by atoms with E-state index < -0.39 is 0 Å². The van der Waals surface area contributed by atoms with Crippen molar-refractivity contribution < 1.29 is 43.4 Å². The Balaban J connectivity index is 2.22. The number of rotatable bonds is 14. The molecule has 0 atom stereocenters. The minimum Gasteiger partial charge on any atom is -0.493 e. The molecule has 9 nitrogen and oxygen atoms in total. The number of carbonyl (C=O) groups is 1. The molecule has 0 saturated heterocycles. The molecular weight excluding hydrogens is 444 g/mol. The molecule has 0 bridgehead atoms. The molecule has 0 spiro atoms. The topological polar surface area (TPSA) is 113 Å². The first-order valence-corrected chi connectivity index (χ1v) is 10.4. The quantitative estimate of drug-likeness (QED) is 0.399. The molecule has 0 aliphatic carbocycles. The summed E-state index contributed by atoms with van der Waals surface area (Å²) in [6, 6.07) is 6.79. The maximum atomic E-state index is 12.4. The van der Waals surface area contributed by atoms with E-state index in [0.717, 1.165) is 0 Å². The summed E-state index contributed by atoms with van der Waals surface area (Å²) in [5, 5.41) is 18.0. The Hall–Kier alpha value is -3.69. The van der Waals surface area contributed by atoms with Crippen molar-refractivity contribution in [3.05, 3.63) is 47.5 Å². The maximum Gasteiger partial charge on any atom is 0.203 e. The number of hydrogen-bond acceptors (Lipinski definition) is 9. The van der Waals surface area contributed by atoms with E-state index in [2.05, 4.69) is 0 Å². The van der Waals surface area contributed by atoms with Crippen molar-refractivity contribution in [2.24, 2.45) is 0 Å². The van der Waals surface area contributed by atoms with Gasteiger partial charge >= 0.3 is 0 Å². The Kier molecular flexibility index (Phi) is 10.8. The number of benzene rings is 2. The van der Waals surface area contributed by atoms with Crippen molar-refractivity contribution >= 4 is 17.9 Å². The molecule has 9 heteroatoms. The van der Waals surface area contributed by atoms with Crippen molar-refractivity contribution in [1.82, 2.24) is 0 Å². The lowest BCUT2D eigenvalue weighted by Gasteiger charge is -2.14. The predicted molar refractivity (Wildman–Crippen MR) is 127 cm³/mol. The maximum absolute atomic E-state index is 12.4. The van der Waals surface area contributed by atoms with Crippen molar-refractivity contribution in [3.63, 3.8) is 0 Å². The minimum atomic E-state index is -0.253. The zero-order chi connectivity index (χ0) is 24.9. The molecule has 0 radical (unpaired) electrons. The monoisotopic (exact) mass is 474 g/mol. The fraction of sp³-hybridized carbons (Fsp3) is 0.320. The van der Waals surface area contributed by atoms with Gasteiger partial charge in [-0.25, -0.2) is 0 Å². The van der Waals surface area contributed by atoms with E-state index in [9.17, 15) is 4.79 Å². The number of aliphatic hydroxyl groups excluding tert-OH is 2. The Labute approximate surface area is 198 Å². The SMILES string of the molecule is COc1cc(C=CC(=O)C=Cc2cc(OC)c(OCCO)c(OC)c2)cc(OC)c1OCCO. The standard InChI is InChI=1S/C25H30O9/c1-29-20-13-17(14-21(30-2)24(20)33-11-9-26)5-7-19(28)8-6-18-15-22(31-3)25(34-12-10-27)23(16-18)32-4/h5-8,13-16,26-27H,9-12H2,1-4H3. The normalized spacial score (nSPS) is 11.0. The molecular formula is C25H30O9. The molecule has 0 heterocycles. The third kappa shape index (κ3) is 7.16. The van der Waals surface area contributed by atoms with Gasteiger partial charge in [-0.3, -0.25) is 4.79 Å². The van der Waals surface area contributed by atoms with Gasteiger partial charge in [0.25, 0.3) is 0 Å². The lowest BCUT2D eigenvalue weighted by Crippen LogP contribution is -2.05. The molecule has 34 heavy (non-hydrogen) atoms. The van der Waals surface area contributed by atoms with Gasteiger partial charge in [-0.1, -0.05) is 12.2 Å². The van der Waals surface area contributed by atoms with Crippen LogP contribution in [-0.2, 0) is 4.79 Å². The first-order valence-electron chi connectivity index (χ1n) is 10.4. The highest BCUT2D eigenvalue weighted by Crippen LogP contribution is 2.40. The van der Waals surface area contributed by atoms with Crippen LogP contribution in [0.25, 0.3) is 12.2 Å². The van der Waals surface area contributed by atoms with Crippen molar-refractivity contribution in [2.75, 3.05) is 54.9 Å². The fourth-order valence-electron chi connectivity index (χ4n) is 2.99. The number of ether oxygens (including phenoxy) is 6. The lowest BCUT2D eigenvalue weighted by molar-refractivity contribution is -0.110. The molecule has 0 aliphatic rings. The largest absolute Gasteiger partial charge is 0.493 e. The molecule has 0 aromatic heterocycles. The molecule has 0 unspecified atom stereocenters. The van der Waals surface area contributed by atoms with E-state index in [1.54, 1.807) is 36.4 Å². The third-order valence-corrected chi connectivity index (χ3v) is 4.52. The van der Waals surface area contributed by atoms with Gasteiger partial charge in [-0.2, -0.15) is 0 Å². The highest BCUT2D eigenvalue weighted by molar-refractivity contribution is 6.04. The van der Waals surface area contributed by atoms with Crippen LogP contribution < -0.4 is 28.4 Å². The van der Waals surface area contributed by atoms with E-state index in [1.165, 1.54) is 40.6 Å². The summed E-state index contributed by atoms with van der Waals surface area (Å²) in [6.45, 7) is -0.111. The van der Waals surface area contributed by atoms with E-state index >= 15 is 0 Å². The second-order valence-electron chi connectivity index (χ2n) is 6.72. The van der Waals surface area contributed by atoms with Crippen LogP contribution in [0.1, 0.15) is 11.1 Å². The van der Waals surface area contributed by atoms with Gasteiger partial charge in [-0.15, -0.1) is 0 Å². The Morgan fingerprint density at radius 1 is 0.676 bits per heavy atom. The molecule has 2 aromatic rings. The number of hydrogen-bond donors (Lipinski definition) is 2. The molecule has 2 rings (SSSR count). The molecule has 2 N–H and O–H groups in total. The third-order valence-electron chi connectivity index (χ3n) is 4.52. The Bertz CT molecular complexity index is 882. The van der Waals surface area contributed by atoms with Crippen LogP contribution in [0.2, 0.25) is 0 Å². The zero-order valence-corrected chi connectivity index (χ0v) is 19.7. The summed E-state index contributed by atoms with van der Waals surface area (Å²) >= 11 is 0.